The molecule has 0 unspecified atom stereocenters. The van der Waals surface area contributed by atoms with Crippen molar-refractivity contribution in [2.24, 2.45) is 5.92 Å². The number of piperidine rings is 1. The molecule has 2 fully saturated rings. The van der Waals surface area contributed by atoms with Gasteiger partial charge in [-0.2, -0.15) is 0 Å². The summed E-state index contributed by atoms with van der Waals surface area (Å²) in [5.74, 6) is 0.714. The number of nitrogens with zero attached hydrogens (tertiary/aromatic N) is 1. The number of rotatable bonds is 8. The van der Waals surface area contributed by atoms with E-state index in [9.17, 15) is 9.18 Å². The van der Waals surface area contributed by atoms with Gasteiger partial charge in [-0.15, -0.1) is 0 Å². The number of hydrogen-bond acceptors (Lipinski definition) is 3. The van der Waals surface area contributed by atoms with Crippen LogP contribution in [0.25, 0.3) is 0 Å². The topological polar surface area (TPSA) is 29.5 Å². The van der Waals surface area contributed by atoms with Gasteiger partial charge in [0.05, 0.1) is 12.2 Å². The third-order valence-corrected chi connectivity index (χ3v) is 6.79. The first-order valence-corrected chi connectivity index (χ1v) is 11.9. The highest BCUT2D eigenvalue weighted by Crippen LogP contribution is 2.45. The van der Waals surface area contributed by atoms with E-state index in [2.05, 4.69) is 4.90 Å². The molecule has 1 aliphatic carbocycles. The highest BCUT2D eigenvalue weighted by molar-refractivity contribution is 6.67. The second-order valence-corrected chi connectivity index (χ2v) is 9.76. The minimum absolute atomic E-state index is 0.0646. The fourth-order valence-corrected chi connectivity index (χ4v) is 4.90. The summed E-state index contributed by atoms with van der Waals surface area (Å²) in [6, 6.07) is 8.58. The van der Waals surface area contributed by atoms with Crippen molar-refractivity contribution in [1.29, 1.82) is 0 Å². The van der Waals surface area contributed by atoms with Gasteiger partial charge in [0.2, 0.25) is 0 Å². The highest BCUT2D eigenvalue weighted by atomic mass is 35.5. The van der Waals surface area contributed by atoms with Gasteiger partial charge >= 0.3 is 0 Å². The first-order valence-electron chi connectivity index (χ1n) is 10.7. The molecule has 0 spiro atoms. The number of carbonyl (C=O) groups excluding carboxylic acids is 1. The van der Waals surface area contributed by atoms with Gasteiger partial charge in [-0.25, -0.2) is 4.39 Å². The van der Waals surface area contributed by atoms with E-state index in [1.54, 1.807) is 12.1 Å². The van der Waals surface area contributed by atoms with Gasteiger partial charge < -0.3 is 9.64 Å². The third kappa shape index (κ3) is 6.13. The summed E-state index contributed by atoms with van der Waals surface area (Å²) >= 11 is 17.7. The number of carbonyl (C=O) groups is 1. The van der Waals surface area contributed by atoms with E-state index in [1.807, 2.05) is 12.1 Å². The van der Waals surface area contributed by atoms with Crippen molar-refractivity contribution in [3.8, 4) is 5.75 Å². The Labute approximate surface area is 197 Å². The Balaban J connectivity index is 1.28. The standard InChI is InChI=1S/C24H25Cl3FNO2/c25-18-9-16(10-19(26)11-18)5-8-29-6-3-15(4-7-29)14-31-23-13-22(28)21(24(27)30)12-20(23)17-1-2-17/h9-13,15,17H,1-8,14H2. The molecule has 1 saturated heterocycles. The molecule has 0 atom stereocenters. The molecule has 7 heteroatoms. The SMILES string of the molecule is O=C(Cl)c1cc(C2CC2)c(OCC2CCN(CCc3cc(Cl)cc(Cl)c3)CC2)cc1F. The summed E-state index contributed by atoms with van der Waals surface area (Å²) in [6.07, 6.45) is 5.06. The zero-order valence-corrected chi connectivity index (χ0v) is 19.4. The fraction of sp³-hybridized carbons (Fsp3) is 0.458. The molecular weight excluding hydrogens is 460 g/mol. The molecule has 1 heterocycles. The van der Waals surface area contributed by atoms with Gasteiger partial charge in [-0.1, -0.05) is 23.2 Å². The van der Waals surface area contributed by atoms with Crippen molar-refractivity contribution in [3.05, 3.63) is 62.9 Å². The second-order valence-electron chi connectivity index (χ2n) is 8.54. The van der Waals surface area contributed by atoms with Crippen LogP contribution in [0.15, 0.2) is 30.3 Å². The molecule has 3 nitrogen and oxygen atoms in total. The minimum atomic E-state index is -0.765. The van der Waals surface area contributed by atoms with E-state index in [-0.39, 0.29) is 5.56 Å². The smallest absolute Gasteiger partial charge is 0.255 e. The molecule has 0 amide bonds. The van der Waals surface area contributed by atoms with E-state index in [1.165, 1.54) is 6.07 Å². The molecule has 4 rings (SSSR count). The van der Waals surface area contributed by atoms with Crippen LogP contribution in [0, 0.1) is 11.7 Å². The Morgan fingerprint density at radius 1 is 1.03 bits per heavy atom. The van der Waals surface area contributed by atoms with Gasteiger partial charge in [0.15, 0.2) is 0 Å². The highest BCUT2D eigenvalue weighted by Gasteiger charge is 2.29. The van der Waals surface area contributed by atoms with Crippen molar-refractivity contribution >= 4 is 40.0 Å². The summed E-state index contributed by atoms with van der Waals surface area (Å²) in [5, 5.41) is 0.575. The molecule has 0 N–H and O–H groups in total. The lowest BCUT2D eigenvalue weighted by Gasteiger charge is -2.32. The predicted octanol–water partition coefficient (Wildman–Crippen LogP) is 6.72. The van der Waals surface area contributed by atoms with Gasteiger partial charge in [0.25, 0.3) is 5.24 Å². The number of ether oxygens (including phenoxy) is 1. The summed E-state index contributed by atoms with van der Waals surface area (Å²) in [5.41, 5.74) is 1.99. The molecule has 1 saturated carbocycles. The van der Waals surface area contributed by atoms with Crippen LogP contribution in [-0.2, 0) is 6.42 Å². The van der Waals surface area contributed by atoms with Crippen molar-refractivity contribution < 1.29 is 13.9 Å². The Morgan fingerprint density at radius 3 is 2.32 bits per heavy atom. The van der Waals surface area contributed by atoms with E-state index in [0.717, 1.165) is 62.9 Å². The number of halogens is 4. The molecule has 2 aromatic carbocycles. The second kappa shape index (κ2) is 10.1. The van der Waals surface area contributed by atoms with E-state index in [0.29, 0.717) is 34.2 Å². The lowest BCUT2D eigenvalue weighted by Crippen LogP contribution is -2.36. The Bertz CT molecular complexity index is 936. The zero-order valence-electron chi connectivity index (χ0n) is 17.2. The fourth-order valence-electron chi connectivity index (χ4n) is 4.19. The number of benzene rings is 2. The van der Waals surface area contributed by atoms with Crippen molar-refractivity contribution in [1.82, 2.24) is 4.90 Å². The average Bonchev–Trinajstić information content (AvgIpc) is 3.56. The van der Waals surface area contributed by atoms with Crippen LogP contribution in [0.3, 0.4) is 0 Å². The molecule has 2 aromatic rings. The summed E-state index contributed by atoms with van der Waals surface area (Å²) in [7, 11) is 0. The van der Waals surface area contributed by atoms with Gasteiger partial charge in [0.1, 0.15) is 11.6 Å². The van der Waals surface area contributed by atoms with E-state index < -0.39 is 11.1 Å². The lowest BCUT2D eigenvalue weighted by molar-refractivity contribution is 0.107. The summed E-state index contributed by atoms with van der Waals surface area (Å²) in [4.78, 5) is 13.9. The average molecular weight is 485 g/mol. The van der Waals surface area contributed by atoms with Gasteiger partial charge in [-0.3, -0.25) is 4.79 Å². The van der Waals surface area contributed by atoms with E-state index in [4.69, 9.17) is 39.5 Å². The van der Waals surface area contributed by atoms with Crippen LogP contribution in [0.1, 0.15) is 53.1 Å². The monoisotopic (exact) mass is 483 g/mol. The lowest BCUT2D eigenvalue weighted by atomic mass is 9.97. The zero-order chi connectivity index (χ0) is 22.0. The Kier molecular flexibility index (Phi) is 7.43. The summed E-state index contributed by atoms with van der Waals surface area (Å²) < 4.78 is 20.3. The quantitative estimate of drug-likeness (QED) is 0.389. The maximum absolute atomic E-state index is 14.2. The maximum atomic E-state index is 14.2. The van der Waals surface area contributed by atoms with E-state index >= 15 is 0 Å². The first kappa shape index (κ1) is 22.8. The van der Waals surface area contributed by atoms with Crippen LogP contribution in [-0.4, -0.2) is 36.4 Å². The molecule has 1 aliphatic heterocycles. The van der Waals surface area contributed by atoms with Crippen molar-refractivity contribution in [2.75, 3.05) is 26.2 Å². The van der Waals surface area contributed by atoms with Gasteiger partial charge in [0, 0.05) is 22.7 Å². The maximum Gasteiger partial charge on any atom is 0.255 e. The predicted molar refractivity (Wildman–Crippen MR) is 123 cm³/mol. The summed E-state index contributed by atoms with van der Waals surface area (Å²) in [6.45, 7) is 3.54. The molecule has 0 aromatic heterocycles. The third-order valence-electron chi connectivity index (χ3n) is 6.15. The molecule has 0 bridgehead atoms. The molecule has 31 heavy (non-hydrogen) atoms. The number of likely N-dealkylation sites (tertiary alicyclic amines) is 1. The first-order chi connectivity index (χ1) is 14.9. The molecule has 2 aliphatic rings. The Morgan fingerprint density at radius 2 is 1.71 bits per heavy atom. The molecule has 0 radical (unpaired) electrons. The van der Waals surface area contributed by atoms with Crippen LogP contribution in [0.5, 0.6) is 5.75 Å². The minimum Gasteiger partial charge on any atom is -0.493 e. The van der Waals surface area contributed by atoms with Crippen LogP contribution < -0.4 is 4.74 Å². The largest absolute Gasteiger partial charge is 0.493 e. The number of hydrogen-bond donors (Lipinski definition) is 0. The van der Waals surface area contributed by atoms with Crippen molar-refractivity contribution in [2.45, 2.75) is 38.0 Å². The van der Waals surface area contributed by atoms with Crippen LogP contribution in [0.4, 0.5) is 4.39 Å². The Hall–Kier alpha value is -1.33. The van der Waals surface area contributed by atoms with Gasteiger partial charge in [-0.05, 0) is 104 Å². The van der Waals surface area contributed by atoms with Crippen molar-refractivity contribution in [3.63, 3.8) is 0 Å². The molecular formula is C24H25Cl3FNO2. The normalized spacial score (nSPS) is 17.7. The molecule has 166 valence electrons. The van der Waals surface area contributed by atoms with Crippen LogP contribution >= 0.6 is 34.8 Å². The van der Waals surface area contributed by atoms with Crippen LogP contribution in [0.2, 0.25) is 10.0 Å².